The van der Waals surface area contributed by atoms with E-state index >= 15 is 0 Å². The first-order valence-corrected chi connectivity index (χ1v) is 7.41. The summed E-state index contributed by atoms with van der Waals surface area (Å²) in [5.41, 5.74) is 0.779. The molecule has 23 heavy (non-hydrogen) atoms. The molecular formula is C17H17NO5. The number of carboxylic acids is 1. The Kier molecular flexibility index (Phi) is 3.90. The minimum atomic E-state index is -0.940. The van der Waals surface area contributed by atoms with E-state index in [0.717, 1.165) is 0 Å². The van der Waals surface area contributed by atoms with Gasteiger partial charge in [0, 0.05) is 5.69 Å². The number of hydrogen-bond acceptors (Lipinski definition) is 4. The van der Waals surface area contributed by atoms with Crippen molar-refractivity contribution < 1.29 is 24.2 Å². The number of anilines is 1. The van der Waals surface area contributed by atoms with E-state index < -0.39 is 23.8 Å². The molecule has 0 unspecified atom stereocenters. The number of fused-ring (bicyclic) bond motifs is 2. The maximum Gasteiger partial charge on any atom is 0.337 e. The molecule has 1 aromatic carbocycles. The maximum absolute atomic E-state index is 12.5. The standard InChI is InChI=1S/C17H17NO5/c1-23-17(22)11-3-2-4-12(8-11)18-15(19)13-9-5-6-10(7-9)14(13)16(20)21/h2-6,8-10,13-14H,7H2,1H3,(H,18,19)(H,20,21)/t9-,10-,13+,14+/m0/s1. The fraction of sp³-hybridized carbons (Fsp3) is 0.353. The zero-order valence-electron chi connectivity index (χ0n) is 12.6. The van der Waals surface area contributed by atoms with Crippen LogP contribution in [0.3, 0.4) is 0 Å². The summed E-state index contributed by atoms with van der Waals surface area (Å²) in [5, 5.41) is 12.1. The third-order valence-electron chi connectivity index (χ3n) is 4.60. The van der Waals surface area contributed by atoms with Gasteiger partial charge in [-0.2, -0.15) is 0 Å². The van der Waals surface area contributed by atoms with Crippen LogP contribution in [-0.2, 0) is 14.3 Å². The number of ether oxygens (including phenoxy) is 1. The van der Waals surface area contributed by atoms with Crippen molar-refractivity contribution in [1.29, 1.82) is 0 Å². The van der Waals surface area contributed by atoms with E-state index in [4.69, 9.17) is 0 Å². The lowest BCUT2D eigenvalue weighted by molar-refractivity contribution is -0.146. The molecule has 6 nitrogen and oxygen atoms in total. The number of benzene rings is 1. The summed E-state index contributed by atoms with van der Waals surface area (Å²) >= 11 is 0. The highest BCUT2D eigenvalue weighted by molar-refractivity contribution is 5.98. The summed E-state index contributed by atoms with van der Waals surface area (Å²) in [6.07, 6.45) is 4.53. The summed E-state index contributed by atoms with van der Waals surface area (Å²) in [6, 6.07) is 6.39. The molecule has 0 heterocycles. The van der Waals surface area contributed by atoms with E-state index in [0.29, 0.717) is 17.7 Å². The molecule has 0 aliphatic heterocycles. The van der Waals surface area contributed by atoms with Gasteiger partial charge in [-0.1, -0.05) is 18.2 Å². The van der Waals surface area contributed by atoms with E-state index in [9.17, 15) is 19.5 Å². The van der Waals surface area contributed by atoms with Crippen molar-refractivity contribution >= 4 is 23.5 Å². The van der Waals surface area contributed by atoms with Crippen molar-refractivity contribution in [1.82, 2.24) is 0 Å². The summed E-state index contributed by atoms with van der Waals surface area (Å²) in [5.74, 6) is -3.13. The summed E-state index contributed by atoms with van der Waals surface area (Å²) < 4.78 is 4.65. The highest BCUT2D eigenvalue weighted by Gasteiger charge is 2.51. The number of carbonyl (C=O) groups is 3. The van der Waals surface area contributed by atoms with Crippen molar-refractivity contribution in [2.75, 3.05) is 12.4 Å². The molecule has 0 aromatic heterocycles. The molecule has 120 valence electrons. The number of aliphatic carboxylic acids is 1. The highest BCUT2D eigenvalue weighted by Crippen LogP contribution is 2.48. The minimum absolute atomic E-state index is 0.0371. The maximum atomic E-state index is 12.5. The SMILES string of the molecule is COC(=O)c1cccc(NC(=O)[C@H]2[C@H](C(=O)O)[C@H]3C=C[C@H]2C3)c1. The van der Waals surface area contributed by atoms with Gasteiger partial charge in [-0.15, -0.1) is 0 Å². The van der Waals surface area contributed by atoms with Crippen LogP contribution in [0.25, 0.3) is 0 Å². The number of rotatable bonds is 4. The predicted octanol–water partition coefficient (Wildman–Crippen LogP) is 1.93. The van der Waals surface area contributed by atoms with Gasteiger partial charge in [-0.05, 0) is 36.5 Å². The second-order valence-corrected chi connectivity index (χ2v) is 5.90. The Morgan fingerprint density at radius 2 is 1.87 bits per heavy atom. The largest absolute Gasteiger partial charge is 0.481 e. The Labute approximate surface area is 133 Å². The van der Waals surface area contributed by atoms with E-state index in [1.807, 2.05) is 12.2 Å². The van der Waals surface area contributed by atoms with Crippen LogP contribution in [0.15, 0.2) is 36.4 Å². The number of carboxylic acid groups (broad SMARTS) is 1. The van der Waals surface area contributed by atoms with Gasteiger partial charge < -0.3 is 15.2 Å². The molecule has 1 aromatic rings. The molecule has 0 radical (unpaired) electrons. The number of amides is 1. The topological polar surface area (TPSA) is 92.7 Å². The molecule has 6 heteroatoms. The van der Waals surface area contributed by atoms with Crippen molar-refractivity contribution in [3.63, 3.8) is 0 Å². The minimum Gasteiger partial charge on any atom is -0.481 e. The number of allylic oxidation sites excluding steroid dienone is 2. The van der Waals surface area contributed by atoms with Gasteiger partial charge in [-0.3, -0.25) is 9.59 Å². The van der Waals surface area contributed by atoms with Gasteiger partial charge in [0.25, 0.3) is 0 Å². The second-order valence-electron chi connectivity index (χ2n) is 5.90. The van der Waals surface area contributed by atoms with Crippen molar-refractivity contribution in [3.8, 4) is 0 Å². The van der Waals surface area contributed by atoms with E-state index in [1.165, 1.54) is 13.2 Å². The quantitative estimate of drug-likeness (QED) is 0.654. The number of carbonyl (C=O) groups excluding carboxylic acids is 2. The first-order chi connectivity index (χ1) is 11.0. The lowest BCUT2D eigenvalue weighted by Crippen LogP contribution is -2.36. The smallest absolute Gasteiger partial charge is 0.337 e. The van der Waals surface area contributed by atoms with Crippen LogP contribution < -0.4 is 5.32 Å². The van der Waals surface area contributed by atoms with Crippen LogP contribution in [-0.4, -0.2) is 30.1 Å². The molecule has 3 rings (SSSR count). The first kappa shape index (κ1) is 15.3. The predicted molar refractivity (Wildman–Crippen MR) is 81.8 cm³/mol. The lowest BCUT2D eigenvalue weighted by atomic mass is 9.82. The van der Waals surface area contributed by atoms with Crippen molar-refractivity contribution in [3.05, 3.63) is 42.0 Å². The molecule has 1 fully saturated rings. The summed E-state index contributed by atoms with van der Waals surface area (Å²) in [4.78, 5) is 35.5. The van der Waals surface area contributed by atoms with Crippen LogP contribution in [0.5, 0.6) is 0 Å². The average molecular weight is 315 g/mol. The van der Waals surface area contributed by atoms with Crippen LogP contribution >= 0.6 is 0 Å². The van der Waals surface area contributed by atoms with Crippen LogP contribution in [0.2, 0.25) is 0 Å². The molecule has 2 bridgehead atoms. The van der Waals surface area contributed by atoms with Crippen LogP contribution in [0.4, 0.5) is 5.69 Å². The molecular weight excluding hydrogens is 298 g/mol. The third kappa shape index (κ3) is 2.72. The molecule has 4 atom stereocenters. The first-order valence-electron chi connectivity index (χ1n) is 7.41. The van der Waals surface area contributed by atoms with Gasteiger partial charge in [0.15, 0.2) is 0 Å². The van der Waals surface area contributed by atoms with Crippen molar-refractivity contribution in [2.45, 2.75) is 6.42 Å². The van der Waals surface area contributed by atoms with E-state index in [2.05, 4.69) is 10.1 Å². The average Bonchev–Trinajstić information content (AvgIpc) is 3.15. The summed E-state index contributed by atoms with van der Waals surface area (Å²) in [6.45, 7) is 0. The number of esters is 1. The third-order valence-corrected chi connectivity index (χ3v) is 4.60. The summed E-state index contributed by atoms with van der Waals surface area (Å²) in [7, 11) is 1.28. The number of methoxy groups -OCH3 is 1. The van der Waals surface area contributed by atoms with E-state index in [-0.39, 0.29) is 17.7 Å². The molecule has 1 amide bonds. The van der Waals surface area contributed by atoms with Gasteiger partial charge in [0.1, 0.15) is 0 Å². The highest BCUT2D eigenvalue weighted by atomic mass is 16.5. The van der Waals surface area contributed by atoms with Crippen LogP contribution in [0, 0.1) is 23.7 Å². The molecule has 2 aliphatic carbocycles. The number of hydrogen-bond donors (Lipinski definition) is 2. The molecule has 0 saturated heterocycles. The van der Waals surface area contributed by atoms with E-state index in [1.54, 1.807) is 18.2 Å². The van der Waals surface area contributed by atoms with Gasteiger partial charge in [-0.25, -0.2) is 4.79 Å². The molecule has 2 N–H and O–H groups in total. The van der Waals surface area contributed by atoms with Gasteiger partial charge in [0.2, 0.25) is 5.91 Å². The van der Waals surface area contributed by atoms with Crippen LogP contribution in [0.1, 0.15) is 16.8 Å². The Morgan fingerprint density at radius 3 is 2.52 bits per heavy atom. The van der Waals surface area contributed by atoms with Gasteiger partial charge in [0.05, 0.1) is 24.5 Å². The second kappa shape index (κ2) is 5.87. The number of nitrogens with one attached hydrogen (secondary N) is 1. The Balaban J connectivity index is 1.78. The van der Waals surface area contributed by atoms with Gasteiger partial charge >= 0.3 is 11.9 Å². The zero-order valence-corrected chi connectivity index (χ0v) is 12.6. The fourth-order valence-electron chi connectivity index (χ4n) is 3.58. The Morgan fingerprint density at radius 1 is 1.17 bits per heavy atom. The normalized spacial score (nSPS) is 27.7. The molecule has 0 spiro atoms. The molecule has 2 aliphatic rings. The van der Waals surface area contributed by atoms with Crippen molar-refractivity contribution in [2.24, 2.45) is 23.7 Å². The molecule has 1 saturated carbocycles. The monoisotopic (exact) mass is 315 g/mol. The Bertz CT molecular complexity index is 696. The lowest BCUT2D eigenvalue weighted by Gasteiger charge is -2.23. The Hall–Kier alpha value is -2.63. The zero-order chi connectivity index (χ0) is 16.6. The fourth-order valence-corrected chi connectivity index (χ4v) is 3.58.